The first-order valence-electron chi connectivity index (χ1n) is 11.7. The summed E-state index contributed by atoms with van der Waals surface area (Å²) in [4.78, 5) is 47.0. The van der Waals surface area contributed by atoms with Gasteiger partial charge in [0.15, 0.2) is 11.5 Å². The molecular weight excluding hydrogens is 466 g/mol. The fraction of sp³-hybridized carbons (Fsp3) is 0.308. The number of halogens is 1. The largest absolute Gasteiger partial charge is 0.349 e. The van der Waals surface area contributed by atoms with Crippen molar-refractivity contribution >= 4 is 34.9 Å². The van der Waals surface area contributed by atoms with E-state index in [-0.39, 0.29) is 29.5 Å². The number of nitrogens with one attached hydrogen (secondary N) is 3. The number of hydrogen-bond donors (Lipinski definition) is 3. The van der Waals surface area contributed by atoms with E-state index in [1.54, 1.807) is 48.5 Å². The molecule has 1 aliphatic heterocycles. The molecule has 0 bridgehead atoms. The predicted octanol–water partition coefficient (Wildman–Crippen LogP) is 3.96. The summed E-state index contributed by atoms with van der Waals surface area (Å²) >= 11 is 6.11. The van der Waals surface area contributed by atoms with Crippen LogP contribution in [-0.4, -0.2) is 58.6 Å². The zero-order valence-corrected chi connectivity index (χ0v) is 20.1. The Morgan fingerprint density at radius 3 is 2.46 bits per heavy atom. The molecule has 0 saturated carbocycles. The Hall–Kier alpha value is -3.49. The van der Waals surface area contributed by atoms with Crippen LogP contribution in [0.4, 0.5) is 5.69 Å². The number of nitrogens with zero attached hydrogens (tertiary/aromatic N) is 2. The number of carbonyl (C=O) groups is 3. The van der Waals surface area contributed by atoms with Crippen LogP contribution in [0, 0.1) is 0 Å². The molecule has 2 heterocycles. The summed E-state index contributed by atoms with van der Waals surface area (Å²) in [5.74, 6) is -0.940. The molecule has 0 unspecified atom stereocenters. The number of benzene rings is 2. The van der Waals surface area contributed by atoms with Gasteiger partial charge in [0.05, 0.1) is 11.3 Å². The number of piperidine rings is 1. The van der Waals surface area contributed by atoms with E-state index in [9.17, 15) is 14.4 Å². The van der Waals surface area contributed by atoms with E-state index in [1.807, 2.05) is 0 Å². The van der Waals surface area contributed by atoms with E-state index in [1.165, 1.54) is 25.6 Å². The van der Waals surface area contributed by atoms with Gasteiger partial charge < -0.3 is 20.5 Å². The molecule has 182 valence electrons. The van der Waals surface area contributed by atoms with Crippen molar-refractivity contribution in [3.8, 4) is 0 Å². The van der Waals surface area contributed by atoms with Crippen molar-refractivity contribution in [2.75, 3.05) is 31.5 Å². The Kier molecular flexibility index (Phi) is 8.28. The predicted molar refractivity (Wildman–Crippen MR) is 135 cm³/mol. The quantitative estimate of drug-likeness (QED) is 0.391. The zero-order chi connectivity index (χ0) is 24.6. The molecule has 0 aliphatic carbocycles. The fourth-order valence-corrected chi connectivity index (χ4v) is 4.34. The van der Waals surface area contributed by atoms with E-state index in [0.717, 1.165) is 25.2 Å². The Balaban J connectivity index is 1.31. The third-order valence-electron chi connectivity index (χ3n) is 5.99. The number of aromatic nitrogens is 2. The monoisotopic (exact) mass is 493 g/mol. The Labute approximate surface area is 209 Å². The van der Waals surface area contributed by atoms with Gasteiger partial charge in [-0.25, -0.2) is 4.98 Å². The van der Waals surface area contributed by atoms with Crippen molar-refractivity contribution < 1.29 is 14.4 Å². The normalized spacial score (nSPS) is 13.9. The number of aromatic amines is 1. The second-order valence-electron chi connectivity index (χ2n) is 8.52. The lowest BCUT2D eigenvalue weighted by Crippen LogP contribution is -2.38. The second-order valence-corrected chi connectivity index (χ2v) is 8.92. The lowest BCUT2D eigenvalue weighted by atomic mass is 10.0. The van der Waals surface area contributed by atoms with Crippen LogP contribution in [0.25, 0.3) is 0 Å². The van der Waals surface area contributed by atoms with Crippen molar-refractivity contribution in [1.29, 1.82) is 0 Å². The average Bonchev–Trinajstić information content (AvgIpc) is 3.36. The zero-order valence-electron chi connectivity index (χ0n) is 19.4. The van der Waals surface area contributed by atoms with Crippen LogP contribution >= 0.6 is 11.6 Å². The number of Topliss-reactive ketones (excluding diaryl/α,β-unsaturated/α-hetero) is 1. The number of imidazole rings is 1. The van der Waals surface area contributed by atoms with Crippen LogP contribution in [-0.2, 0) is 6.42 Å². The summed E-state index contributed by atoms with van der Waals surface area (Å²) in [6.45, 7) is 3.40. The molecule has 2 aromatic carbocycles. The summed E-state index contributed by atoms with van der Waals surface area (Å²) in [6.07, 6.45) is 5.17. The molecule has 1 aliphatic rings. The van der Waals surface area contributed by atoms with Crippen molar-refractivity contribution in [1.82, 2.24) is 20.2 Å². The van der Waals surface area contributed by atoms with E-state index >= 15 is 0 Å². The molecule has 2 amide bonds. The van der Waals surface area contributed by atoms with Crippen LogP contribution in [0.1, 0.15) is 56.2 Å². The summed E-state index contributed by atoms with van der Waals surface area (Å²) < 4.78 is 0. The number of H-pyrrole nitrogens is 1. The lowest BCUT2D eigenvalue weighted by Gasteiger charge is -2.26. The van der Waals surface area contributed by atoms with E-state index in [4.69, 9.17) is 11.6 Å². The average molecular weight is 494 g/mol. The van der Waals surface area contributed by atoms with Crippen LogP contribution in [0.15, 0.2) is 54.9 Å². The van der Waals surface area contributed by atoms with Crippen LogP contribution in [0.5, 0.6) is 0 Å². The highest BCUT2D eigenvalue weighted by molar-refractivity contribution is 6.34. The van der Waals surface area contributed by atoms with Crippen molar-refractivity contribution in [2.24, 2.45) is 0 Å². The molecule has 1 saturated heterocycles. The number of amides is 2. The molecule has 0 radical (unpaired) electrons. The number of carbonyl (C=O) groups excluding carboxylic acids is 3. The highest BCUT2D eigenvalue weighted by Crippen LogP contribution is 2.19. The first kappa shape index (κ1) is 24.6. The third-order valence-corrected chi connectivity index (χ3v) is 6.32. The SMILES string of the molecule is O=C(Cc1ccc(NC(=O)c2nc[nH]c2C(=O)NCCN2CCCCC2)cc1)c1ccccc1Cl. The van der Waals surface area contributed by atoms with Gasteiger partial charge in [-0.2, -0.15) is 0 Å². The number of rotatable bonds is 9. The number of likely N-dealkylation sites (tertiary alicyclic amines) is 1. The smallest absolute Gasteiger partial charge is 0.276 e. The molecule has 8 nitrogen and oxygen atoms in total. The van der Waals surface area contributed by atoms with Crippen LogP contribution < -0.4 is 10.6 Å². The first-order chi connectivity index (χ1) is 17.0. The van der Waals surface area contributed by atoms with E-state index in [0.29, 0.717) is 22.8 Å². The summed E-state index contributed by atoms with van der Waals surface area (Å²) in [5, 5.41) is 6.04. The van der Waals surface area contributed by atoms with Crippen LogP contribution in [0.3, 0.4) is 0 Å². The highest BCUT2D eigenvalue weighted by atomic mass is 35.5. The van der Waals surface area contributed by atoms with E-state index < -0.39 is 5.91 Å². The van der Waals surface area contributed by atoms with Crippen molar-refractivity contribution in [2.45, 2.75) is 25.7 Å². The maximum absolute atomic E-state index is 12.8. The fourth-order valence-electron chi connectivity index (χ4n) is 4.10. The van der Waals surface area contributed by atoms with Gasteiger partial charge in [-0.3, -0.25) is 14.4 Å². The standard InChI is InChI=1S/C26H28ClN5O3/c27-21-7-3-2-6-20(21)22(33)16-18-8-10-19(11-9-18)31-26(35)24-23(29-17-30-24)25(34)28-12-15-32-13-4-1-5-14-32/h2-3,6-11,17H,1,4-5,12-16H2,(H,28,34)(H,29,30)(H,31,35). The van der Waals surface area contributed by atoms with Gasteiger partial charge in [0.25, 0.3) is 11.8 Å². The molecular formula is C26H28ClN5O3. The molecule has 35 heavy (non-hydrogen) atoms. The third kappa shape index (κ3) is 6.55. The lowest BCUT2D eigenvalue weighted by molar-refractivity contribution is 0.0929. The Morgan fingerprint density at radius 2 is 1.71 bits per heavy atom. The number of hydrogen-bond acceptors (Lipinski definition) is 5. The summed E-state index contributed by atoms with van der Waals surface area (Å²) in [7, 11) is 0. The molecule has 4 rings (SSSR count). The van der Waals surface area contributed by atoms with Crippen molar-refractivity contribution in [3.05, 3.63) is 82.4 Å². The molecule has 1 fully saturated rings. The molecule has 0 spiro atoms. The summed E-state index contributed by atoms with van der Waals surface area (Å²) in [6, 6.07) is 13.9. The van der Waals surface area contributed by atoms with Crippen LogP contribution in [0.2, 0.25) is 5.02 Å². The topological polar surface area (TPSA) is 107 Å². The van der Waals surface area contributed by atoms with Gasteiger partial charge in [0, 0.05) is 30.8 Å². The minimum absolute atomic E-state index is 0.0263. The molecule has 9 heteroatoms. The summed E-state index contributed by atoms with van der Waals surface area (Å²) in [5.41, 5.74) is 1.96. The molecule has 0 atom stereocenters. The maximum Gasteiger partial charge on any atom is 0.276 e. The van der Waals surface area contributed by atoms with E-state index in [2.05, 4.69) is 25.5 Å². The number of anilines is 1. The Morgan fingerprint density at radius 1 is 0.971 bits per heavy atom. The molecule has 3 aromatic rings. The minimum atomic E-state index is -0.493. The van der Waals surface area contributed by atoms with Crippen molar-refractivity contribution in [3.63, 3.8) is 0 Å². The molecule has 3 N–H and O–H groups in total. The first-order valence-corrected chi connectivity index (χ1v) is 12.1. The van der Waals surface area contributed by atoms with Gasteiger partial charge in [-0.05, 0) is 55.8 Å². The van der Waals surface area contributed by atoms with Gasteiger partial charge in [0.2, 0.25) is 0 Å². The van der Waals surface area contributed by atoms with Gasteiger partial charge in [-0.1, -0.05) is 42.3 Å². The Bertz CT molecular complexity index is 1190. The molecule has 1 aromatic heterocycles. The maximum atomic E-state index is 12.8. The highest BCUT2D eigenvalue weighted by Gasteiger charge is 2.21. The second kappa shape index (κ2) is 11.8. The van der Waals surface area contributed by atoms with Gasteiger partial charge in [0.1, 0.15) is 5.69 Å². The minimum Gasteiger partial charge on any atom is -0.349 e. The number of ketones is 1. The van der Waals surface area contributed by atoms with Gasteiger partial charge >= 0.3 is 0 Å². The van der Waals surface area contributed by atoms with Gasteiger partial charge in [-0.15, -0.1) is 0 Å².